The van der Waals surface area contributed by atoms with E-state index in [1.807, 2.05) is 6.07 Å². The summed E-state index contributed by atoms with van der Waals surface area (Å²) in [4.78, 5) is 10.9. The van der Waals surface area contributed by atoms with Gasteiger partial charge in [-0.1, -0.05) is 30.3 Å². The van der Waals surface area contributed by atoms with E-state index in [2.05, 4.69) is 0 Å². The first-order valence-corrected chi connectivity index (χ1v) is 7.07. The van der Waals surface area contributed by atoms with Crippen molar-refractivity contribution in [3.63, 3.8) is 0 Å². The van der Waals surface area contributed by atoms with Crippen LogP contribution >= 0.6 is 0 Å². The molecule has 0 radical (unpaired) electrons. The fraction of sp³-hybridized carbons (Fsp3) is 0.176. The van der Waals surface area contributed by atoms with Gasteiger partial charge in [-0.2, -0.15) is 0 Å². The summed E-state index contributed by atoms with van der Waals surface area (Å²) in [5.74, 6) is 0.604. The van der Waals surface area contributed by atoms with E-state index in [0.29, 0.717) is 28.0 Å². The third-order valence-corrected chi connectivity index (χ3v) is 3.69. The van der Waals surface area contributed by atoms with Crippen molar-refractivity contribution in [2.75, 3.05) is 21.3 Å². The van der Waals surface area contributed by atoms with Crippen LogP contribution in [-0.2, 0) is 0 Å². The van der Waals surface area contributed by atoms with Crippen molar-refractivity contribution in [2.45, 2.75) is 0 Å². The van der Waals surface area contributed by atoms with E-state index < -0.39 is 4.92 Å². The molecule has 1 heterocycles. The third-order valence-electron chi connectivity index (χ3n) is 3.69. The number of hydrogen-bond donors (Lipinski definition) is 0. The highest BCUT2D eigenvalue weighted by atomic mass is 16.6. The molecule has 0 saturated carbocycles. The van der Waals surface area contributed by atoms with E-state index in [1.54, 1.807) is 30.3 Å². The molecule has 24 heavy (non-hydrogen) atoms. The van der Waals surface area contributed by atoms with Crippen molar-refractivity contribution in [2.24, 2.45) is 0 Å². The van der Waals surface area contributed by atoms with Crippen LogP contribution in [0.5, 0.6) is 17.2 Å². The fourth-order valence-corrected chi connectivity index (χ4v) is 2.69. The number of furan rings is 1. The van der Waals surface area contributed by atoms with Crippen LogP contribution < -0.4 is 14.2 Å². The Hall–Kier alpha value is -3.22. The first-order chi connectivity index (χ1) is 11.6. The van der Waals surface area contributed by atoms with E-state index in [0.717, 1.165) is 0 Å². The van der Waals surface area contributed by atoms with Gasteiger partial charge < -0.3 is 18.6 Å². The quantitative estimate of drug-likeness (QED) is 0.519. The van der Waals surface area contributed by atoms with Gasteiger partial charge in [0.05, 0.1) is 21.3 Å². The van der Waals surface area contributed by atoms with Crippen LogP contribution in [0.1, 0.15) is 0 Å². The normalized spacial score (nSPS) is 10.6. The van der Waals surface area contributed by atoms with Crippen LogP contribution in [-0.4, -0.2) is 26.3 Å². The zero-order chi connectivity index (χ0) is 17.3. The molecule has 0 aliphatic heterocycles. The molecular formula is C17H15NO6. The molecule has 7 nitrogen and oxygen atoms in total. The lowest BCUT2D eigenvalue weighted by molar-refractivity contribution is -0.400. The lowest BCUT2D eigenvalue weighted by Crippen LogP contribution is -1.95. The summed E-state index contributed by atoms with van der Waals surface area (Å²) in [5, 5.41) is 12.0. The number of fused-ring (bicyclic) bond motifs is 1. The summed E-state index contributed by atoms with van der Waals surface area (Å²) in [6.07, 6.45) is 0. The minimum absolute atomic E-state index is 0.237. The minimum atomic E-state index is -0.555. The summed E-state index contributed by atoms with van der Waals surface area (Å²) >= 11 is 0. The Bertz CT molecular complexity index is 901. The standard InChI is InChI=1S/C17H15NO6/c1-21-12-9-11-13(10-7-5-4-6-8-10)17(18(19)20)24-14(11)16(23-3)15(12)22-2/h4-9H,1-3H3. The van der Waals surface area contributed by atoms with Crippen LogP contribution in [0, 0.1) is 10.1 Å². The molecule has 0 unspecified atom stereocenters. The molecule has 0 spiro atoms. The Morgan fingerprint density at radius 2 is 1.67 bits per heavy atom. The minimum Gasteiger partial charge on any atom is -0.493 e. The highest BCUT2D eigenvalue weighted by Gasteiger charge is 2.30. The van der Waals surface area contributed by atoms with E-state index in [9.17, 15) is 10.1 Å². The summed E-state index contributed by atoms with van der Waals surface area (Å²) in [6, 6.07) is 10.6. The van der Waals surface area contributed by atoms with Gasteiger partial charge in [-0.3, -0.25) is 10.1 Å². The van der Waals surface area contributed by atoms with E-state index in [4.69, 9.17) is 18.6 Å². The molecule has 0 saturated heterocycles. The predicted octanol–water partition coefficient (Wildman–Crippen LogP) is 4.03. The molecule has 0 bridgehead atoms. The first-order valence-electron chi connectivity index (χ1n) is 7.07. The Morgan fingerprint density at radius 3 is 2.21 bits per heavy atom. The van der Waals surface area contributed by atoms with Crippen molar-refractivity contribution in [3.05, 3.63) is 46.5 Å². The molecule has 0 aliphatic carbocycles. The van der Waals surface area contributed by atoms with Crippen LogP contribution in [0.25, 0.3) is 22.1 Å². The molecule has 0 atom stereocenters. The van der Waals surface area contributed by atoms with Crippen molar-refractivity contribution in [1.82, 2.24) is 0 Å². The number of nitro groups is 1. The van der Waals surface area contributed by atoms with Crippen molar-refractivity contribution in [1.29, 1.82) is 0 Å². The van der Waals surface area contributed by atoms with Crippen LogP contribution in [0.4, 0.5) is 5.88 Å². The lowest BCUT2D eigenvalue weighted by atomic mass is 10.0. The summed E-state index contributed by atoms with van der Waals surface area (Å²) < 4.78 is 21.5. The average Bonchev–Trinajstić information content (AvgIpc) is 2.99. The average molecular weight is 329 g/mol. The monoisotopic (exact) mass is 329 g/mol. The number of ether oxygens (including phenoxy) is 3. The van der Waals surface area contributed by atoms with Gasteiger partial charge in [0.25, 0.3) is 0 Å². The Labute approximate surface area is 137 Å². The predicted molar refractivity (Wildman–Crippen MR) is 88.0 cm³/mol. The zero-order valence-electron chi connectivity index (χ0n) is 13.4. The van der Waals surface area contributed by atoms with E-state index in [1.165, 1.54) is 21.3 Å². The topological polar surface area (TPSA) is 84.0 Å². The maximum atomic E-state index is 11.5. The van der Waals surface area contributed by atoms with Crippen molar-refractivity contribution >= 4 is 16.9 Å². The van der Waals surface area contributed by atoms with Gasteiger partial charge in [-0.25, -0.2) is 0 Å². The first kappa shape index (κ1) is 15.7. The SMILES string of the molecule is COc1cc2c(-c3ccccc3)c([N+](=O)[O-])oc2c(OC)c1OC. The Morgan fingerprint density at radius 1 is 1.00 bits per heavy atom. The molecule has 3 rings (SSSR count). The van der Waals surface area contributed by atoms with Gasteiger partial charge in [0.2, 0.25) is 11.5 Å². The van der Waals surface area contributed by atoms with E-state index >= 15 is 0 Å². The van der Waals surface area contributed by atoms with Gasteiger partial charge in [0, 0.05) is 5.39 Å². The van der Waals surface area contributed by atoms with Gasteiger partial charge >= 0.3 is 5.88 Å². The van der Waals surface area contributed by atoms with Gasteiger partial charge in [-0.15, -0.1) is 0 Å². The van der Waals surface area contributed by atoms with Gasteiger partial charge in [0.15, 0.2) is 11.3 Å². The molecule has 0 fully saturated rings. The molecular weight excluding hydrogens is 314 g/mol. The smallest absolute Gasteiger partial charge is 0.442 e. The summed E-state index contributed by atoms with van der Waals surface area (Å²) in [5.41, 5.74) is 1.27. The summed E-state index contributed by atoms with van der Waals surface area (Å²) in [6.45, 7) is 0. The van der Waals surface area contributed by atoms with E-state index in [-0.39, 0.29) is 17.2 Å². The number of benzene rings is 2. The third kappa shape index (κ3) is 2.30. The second-order valence-corrected chi connectivity index (χ2v) is 4.93. The second-order valence-electron chi connectivity index (χ2n) is 4.93. The number of methoxy groups -OCH3 is 3. The highest BCUT2D eigenvalue weighted by molar-refractivity contribution is 6.03. The Kier molecular flexibility index (Phi) is 3.99. The van der Waals surface area contributed by atoms with Crippen molar-refractivity contribution < 1.29 is 23.6 Å². The van der Waals surface area contributed by atoms with Crippen LogP contribution in [0.15, 0.2) is 40.8 Å². The number of nitrogens with zero attached hydrogens (tertiary/aromatic N) is 1. The van der Waals surface area contributed by atoms with Crippen molar-refractivity contribution in [3.8, 4) is 28.4 Å². The lowest BCUT2D eigenvalue weighted by Gasteiger charge is -2.12. The molecule has 3 aromatic rings. The van der Waals surface area contributed by atoms with Gasteiger partial charge in [-0.05, 0) is 11.6 Å². The maximum absolute atomic E-state index is 11.5. The summed E-state index contributed by atoms with van der Waals surface area (Å²) in [7, 11) is 4.38. The Balaban J connectivity index is 2.46. The molecule has 0 N–H and O–H groups in total. The molecule has 0 amide bonds. The molecule has 2 aromatic carbocycles. The highest BCUT2D eigenvalue weighted by Crippen LogP contribution is 2.50. The van der Waals surface area contributed by atoms with Gasteiger partial charge in [0.1, 0.15) is 10.5 Å². The number of hydrogen-bond acceptors (Lipinski definition) is 6. The molecule has 0 aliphatic rings. The second kappa shape index (κ2) is 6.11. The molecule has 1 aromatic heterocycles. The fourth-order valence-electron chi connectivity index (χ4n) is 2.69. The maximum Gasteiger partial charge on any atom is 0.442 e. The van der Waals surface area contributed by atoms with Crippen LogP contribution in [0.2, 0.25) is 0 Å². The molecule has 7 heteroatoms. The zero-order valence-corrected chi connectivity index (χ0v) is 13.4. The largest absolute Gasteiger partial charge is 0.493 e. The van der Waals surface area contributed by atoms with Crippen LogP contribution in [0.3, 0.4) is 0 Å². The molecule has 124 valence electrons. The number of rotatable bonds is 5.